The molecule has 0 bridgehead atoms. The first-order valence-corrected chi connectivity index (χ1v) is 7.89. The maximum atomic E-state index is 12.2. The molecule has 1 aliphatic heterocycles. The fourth-order valence-electron chi connectivity index (χ4n) is 2.66. The smallest absolute Gasteiger partial charge is 0.220 e. The quantitative estimate of drug-likeness (QED) is 0.745. The van der Waals surface area contributed by atoms with Crippen LogP contribution in [0.4, 0.5) is 0 Å². The average molecular weight is 320 g/mol. The minimum Gasteiger partial charge on any atom is -0.493 e. The van der Waals surface area contributed by atoms with Crippen LogP contribution in [0.3, 0.4) is 0 Å². The molecule has 0 spiro atoms. The Bertz CT molecular complexity index is 554. The summed E-state index contributed by atoms with van der Waals surface area (Å²) in [4.78, 5) is 24.2. The van der Waals surface area contributed by atoms with E-state index in [4.69, 9.17) is 9.47 Å². The highest BCUT2D eigenvalue weighted by atomic mass is 16.5. The molecule has 1 saturated heterocycles. The number of hydrogen-bond donors (Lipinski definition) is 2. The Balaban J connectivity index is 1.85. The largest absolute Gasteiger partial charge is 0.493 e. The van der Waals surface area contributed by atoms with Crippen molar-refractivity contribution in [2.45, 2.75) is 31.7 Å². The molecule has 126 valence electrons. The molecule has 1 aromatic rings. The van der Waals surface area contributed by atoms with Crippen LogP contribution in [0.25, 0.3) is 0 Å². The molecule has 0 unspecified atom stereocenters. The number of Topliss-reactive ketones (excluding diaryl/α,β-unsaturated/α-hetero) is 1. The second kappa shape index (κ2) is 8.53. The molecule has 0 radical (unpaired) electrons. The van der Waals surface area contributed by atoms with Gasteiger partial charge in [-0.1, -0.05) is 0 Å². The Morgan fingerprint density at radius 1 is 1.22 bits per heavy atom. The Morgan fingerprint density at radius 3 is 2.65 bits per heavy atom. The summed E-state index contributed by atoms with van der Waals surface area (Å²) in [6.45, 7) is 1.81. The maximum Gasteiger partial charge on any atom is 0.220 e. The van der Waals surface area contributed by atoms with E-state index in [9.17, 15) is 9.59 Å². The number of rotatable bonds is 7. The lowest BCUT2D eigenvalue weighted by molar-refractivity contribution is -0.121. The van der Waals surface area contributed by atoms with Gasteiger partial charge in [0.2, 0.25) is 5.91 Å². The van der Waals surface area contributed by atoms with Gasteiger partial charge in [-0.25, -0.2) is 0 Å². The third-order valence-corrected chi connectivity index (χ3v) is 3.95. The predicted octanol–water partition coefficient (Wildman–Crippen LogP) is 1.53. The molecule has 6 nitrogen and oxygen atoms in total. The molecule has 1 amide bonds. The van der Waals surface area contributed by atoms with E-state index in [0.29, 0.717) is 17.1 Å². The van der Waals surface area contributed by atoms with E-state index < -0.39 is 0 Å². The van der Waals surface area contributed by atoms with E-state index in [-0.39, 0.29) is 30.6 Å². The van der Waals surface area contributed by atoms with Crippen molar-refractivity contribution in [3.05, 3.63) is 23.8 Å². The van der Waals surface area contributed by atoms with Gasteiger partial charge in [0.25, 0.3) is 0 Å². The fraction of sp³-hybridized carbons (Fsp3) is 0.529. The van der Waals surface area contributed by atoms with Crippen molar-refractivity contribution in [3.8, 4) is 11.5 Å². The summed E-state index contributed by atoms with van der Waals surface area (Å²) >= 11 is 0. The summed E-state index contributed by atoms with van der Waals surface area (Å²) in [5.41, 5.74) is 0.523. The Hall–Kier alpha value is -2.08. The van der Waals surface area contributed by atoms with Gasteiger partial charge in [0.1, 0.15) is 0 Å². The molecule has 2 N–H and O–H groups in total. The highest BCUT2D eigenvalue weighted by molar-refractivity contribution is 5.98. The molecule has 0 aliphatic carbocycles. The fourth-order valence-corrected chi connectivity index (χ4v) is 2.66. The maximum absolute atomic E-state index is 12.2. The molecular weight excluding hydrogens is 296 g/mol. The van der Waals surface area contributed by atoms with E-state index in [0.717, 1.165) is 25.9 Å². The number of benzene rings is 1. The van der Waals surface area contributed by atoms with E-state index >= 15 is 0 Å². The highest BCUT2D eigenvalue weighted by Crippen LogP contribution is 2.28. The summed E-state index contributed by atoms with van der Waals surface area (Å²) < 4.78 is 10.3. The number of carbonyl (C=O) groups excluding carboxylic acids is 2. The van der Waals surface area contributed by atoms with Gasteiger partial charge in [-0.05, 0) is 37.6 Å². The number of ether oxygens (including phenoxy) is 2. The van der Waals surface area contributed by atoms with Crippen molar-refractivity contribution < 1.29 is 19.1 Å². The number of methoxy groups -OCH3 is 2. The summed E-state index contributed by atoms with van der Waals surface area (Å²) in [6.07, 6.45) is 2.43. The predicted molar refractivity (Wildman–Crippen MR) is 87.1 cm³/mol. The molecule has 1 aliphatic rings. The van der Waals surface area contributed by atoms with Gasteiger partial charge < -0.3 is 20.1 Å². The lowest BCUT2D eigenvalue weighted by Gasteiger charge is -2.23. The molecule has 1 fully saturated rings. The zero-order chi connectivity index (χ0) is 16.7. The van der Waals surface area contributed by atoms with Gasteiger partial charge in [0.15, 0.2) is 17.3 Å². The lowest BCUT2D eigenvalue weighted by Crippen LogP contribution is -2.45. The van der Waals surface area contributed by atoms with Crippen LogP contribution in [-0.2, 0) is 4.79 Å². The average Bonchev–Trinajstić information content (AvgIpc) is 2.59. The lowest BCUT2D eigenvalue weighted by atomic mass is 10.0. The molecule has 2 rings (SSSR count). The van der Waals surface area contributed by atoms with Crippen molar-refractivity contribution in [1.82, 2.24) is 10.6 Å². The van der Waals surface area contributed by atoms with Crippen LogP contribution in [-0.4, -0.2) is 45.0 Å². The molecule has 23 heavy (non-hydrogen) atoms. The summed E-state index contributed by atoms with van der Waals surface area (Å²) in [5.74, 6) is 0.929. The van der Waals surface area contributed by atoms with Crippen molar-refractivity contribution in [1.29, 1.82) is 0 Å². The number of ketones is 1. The monoisotopic (exact) mass is 320 g/mol. The second-order valence-corrected chi connectivity index (χ2v) is 5.60. The second-order valence-electron chi connectivity index (χ2n) is 5.60. The molecule has 6 heteroatoms. The van der Waals surface area contributed by atoms with Crippen LogP contribution in [0.15, 0.2) is 18.2 Å². The van der Waals surface area contributed by atoms with Gasteiger partial charge in [-0.3, -0.25) is 9.59 Å². The Kier molecular flexibility index (Phi) is 6.40. The zero-order valence-electron chi connectivity index (χ0n) is 13.7. The van der Waals surface area contributed by atoms with Gasteiger partial charge in [0.05, 0.1) is 14.2 Å². The standard InChI is InChI=1S/C17H24N2O4/c1-22-15-7-5-12(10-16(15)23-2)14(20)6-8-17(21)19-13-4-3-9-18-11-13/h5,7,10,13,18H,3-4,6,8-9,11H2,1-2H3,(H,19,21)/t13-/m0/s1. The Morgan fingerprint density at radius 2 is 2.00 bits per heavy atom. The molecule has 0 saturated carbocycles. The van der Waals surface area contributed by atoms with Crippen molar-refractivity contribution in [2.24, 2.45) is 0 Å². The van der Waals surface area contributed by atoms with Gasteiger partial charge >= 0.3 is 0 Å². The van der Waals surface area contributed by atoms with Crippen LogP contribution < -0.4 is 20.1 Å². The first-order chi connectivity index (χ1) is 11.1. The first-order valence-electron chi connectivity index (χ1n) is 7.89. The molecule has 1 heterocycles. The van der Waals surface area contributed by atoms with Crippen LogP contribution in [0.2, 0.25) is 0 Å². The van der Waals surface area contributed by atoms with Crippen molar-refractivity contribution in [3.63, 3.8) is 0 Å². The van der Waals surface area contributed by atoms with Gasteiger partial charge in [-0.15, -0.1) is 0 Å². The number of carbonyl (C=O) groups is 2. The van der Waals surface area contributed by atoms with E-state index in [1.165, 1.54) is 7.11 Å². The number of piperidine rings is 1. The van der Waals surface area contributed by atoms with Crippen molar-refractivity contribution in [2.75, 3.05) is 27.3 Å². The molecule has 0 aromatic heterocycles. The van der Waals surface area contributed by atoms with Crippen LogP contribution in [0.5, 0.6) is 11.5 Å². The van der Waals surface area contributed by atoms with Gasteiger partial charge in [0, 0.05) is 31.0 Å². The summed E-state index contributed by atoms with van der Waals surface area (Å²) in [7, 11) is 3.07. The van der Waals surface area contributed by atoms with E-state index in [1.54, 1.807) is 25.3 Å². The third-order valence-electron chi connectivity index (χ3n) is 3.95. The Labute approximate surface area is 136 Å². The van der Waals surface area contributed by atoms with Crippen LogP contribution in [0, 0.1) is 0 Å². The number of amides is 1. The topological polar surface area (TPSA) is 76.7 Å². The minimum absolute atomic E-state index is 0.0764. The summed E-state index contributed by atoms with van der Waals surface area (Å²) in [5, 5.41) is 6.22. The van der Waals surface area contributed by atoms with Crippen LogP contribution in [0.1, 0.15) is 36.0 Å². The zero-order valence-corrected chi connectivity index (χ0v) is 13.7. The SMILES string of the molecule is COc1ccc(C(=O)CCC(=O)N[C@H]2CCCNC2)cc1OC. The first kappa shape index (κ1) is 17.3. The highest BCUT2D eigenvalue weighted by Gasteiger charge is 2.17. The number of hydrogen-bond acceptors (Lipinski definition) is 5. The molecule has 1 atom stereocenters. The van der Waals surface area contributed by atoms with Crippen LogP contribution >= 0.6 is 0 Å². The van der Waals surface area contributed by atoms with E-state index in [1.807, 2.05) is 0 Å². The summed E-state index contributed by atoms with van der Waals surface area (Å²) in [6, 6.07) is 5.20. The van der Waals surface area contributed by atoms with Crippen molar-refractivity contribution >= 4 is 11.7 Å². The molecular formula is C17H24N2O4. The number of nitrogens with one attached hydrogen (secondary N) is 2. The minimum atomic E-state index is -0.0807. The van der Waals surface area contributed by atoms with E-state index in [2.05, 4.69) is 10.6 Å². The van der Waals surface area contributed by atoms with Gasteiger partial charge in [-0.2, -0.15) is 0 Å². The normalized spacial score (nSPS) is 17.4. The molecule has 1 aromatic carbocycles. The third kappa shape index (κ3) is 4.96.